The molecule has 124 valence electrons. The summed E-state index contributed by atoms with van der Waals surface area (Å²) in [7, 11) is 0. The molecule has 0 aliphatic heterocycles. The van der Waals surface area contributed by atoms with Crippen LogP contribution in [-0.2, 0) is 19.1 Å². The summed E-state index contributed by atoms with van der Waals surface area (Å²) in [5.74, 6) is -1.39. The van der Waals surface area contributed by atoms with E-state index in [0.29, 0.717) is 12.8 Å². The Hall–Kier alpha value is -1.58. The van der Waals surface area contributed by atoms with Gasteiger partial charge in [-0.2, -0.15) is 0 Å². The lowest BCUT2D eigenvalue weighted by molar-refractivity contribution is -0.156. The van der Waals surface area contributed by atoms with Gasteiger partial charge in [0.15, 0.2) is 0 Å². The van der Waals surface area contributed by atoms with Crippen LogP contribution in [0, 0.1) is 11.8 Å². The summed E-state index contributed by atoms with van der Waals surface area (Å²) < 4.78 is 10.3. The molecule has 0 aromatic carbocycles. The molecule has 1 aliphatic carbocycles. The molecule has 4 nitrogen and oxygen atoms in total. The SMILES string of the molecule is CCC/C=C/OC(=O)C1CCCCC1C(=O)O/C=C/CCC. The summed E-state index contributed by atoms with van der Waals surface area (Å²) in [5.41, 5.74) is 0. The van der Waals surface area contributed by atoms with E-state index in [4.69, 9.17) is 9.47 Å². The van der Waals surface area contributed by atoms with Crippen LogP contribution in [0.15, 0.2) is 24.7 Å². The van der Waals surface area contributed by atoms with Gasteiger partial charge in [-0.05, 0) is 37.8 Å². The molecular weight excluding hydrogens is 280 g/mol. The average Bonchev–Trinajstić information content (AvgIpc) is 2.55. The first-order valence-electron chi connectivity index (χ1n) is 8.41. The predicted octanol–water partition coefficient (Wildman–Crippen LogP) is 4.51. The van der Waals surface area contributed by atoms with E-state index >= 15 is 0 Å². The van der Waals surface area contributed by atoms with Gasteiger partial charge in [-0.3, -0.25) is 9.59 Å². The molecule has 0 N–H and O–H groups in total. The van der Waals surface area contributed by atoms with E-state index in [-0.39, 0.29) is 23.8 Å². The van der Waals surface area contributed by atoms with Gasteiger partial charge < -0.3 is 9.47 Å². The van der Waals surface area contributed by atoms with Gasteiger partial charge in [0.05, 0.1) is 24.4 Å². The molecule has 1 fully saturated rings. The van der Waals surface area contributed by atoms with E-state index in [2.05, 4.69) is 13.8 Å². The number of allylic oxidation sites excluding steroid dienone is 2. The largest absolute Gasteiger partial charge is 0.435 e. The van der Waals surface area contributed by atoms with Crippen LogP contribution in [0.3, 0.4) is 0 Å². The molecule has 0 saturated heterocycles. The van der Waals surface area contributed by atoms with Gasteiger partial charge in [-0.25, -0.2) is 0 Å². The highest BCUT2D eigenvalue weighted by atomic mass is 16.5. The van der Waals surface area contributed by atoms with Crippen molar-refractivity contribution in [2.75, 3.05) is 0 Å². The summed E-state index contributed by atoms with van der Waals surface area (Å²) >= 11 is 0. The van der Waals surface area contributed by atoms with Crippen molar-refractivity contribution >= 4 is 11.9 Å². The molecule has 0 aromatic rings. The van der Waals surface area contributed by atoms with E-state index in [0.717, 1.165) is 38.5 Å². The van der Waals surface area contributed by atoms with Crippen molar-refractivity contribution in [2.45, 2.75) is 65.2 Å². The number of hydrogen-bond donors (Lipinski definition) is 0. The quantitative estimate of drug-likeness (QED) is 0.489. The smallest absolute Gasteiger partial charge is 0.314 e. The number of unbranched alkanes of at least 4 members (excludes halogenated alkanes) is 2. The molecule has 0 aromatic heterocycles. The zero-order chi connectivity index (χ0) is 16.2. The molecule has 0 radical (unpaired) electrons. The molecule has 1 rings (SSSR count). The minimum absolute atomic E-state index is 0.313. The first kappa shape index (κ1) is 18.5. The fourth-order valence-corrected chi connectivity index (χ4v) is 2.57. The fraction of sp³-hybridized carbons (Fsp3) is 0.667. The van der Waals surface area contributed by atoms with Crippen molar-refractivity contribution in [3.63, 3.8) is 0 Å². The summed E-state index contributed by atoms with van der Waals surface area (Å²) in [4.78, 5) is 24.3. The van der Waals surface area contributed by atoms with Crippen LogP contribution in [-0.4, -0.2) is 11.9 Å². The maximum atomic E-state index is 12.2. The Balaban J connectivity index is 2.54. The normalized spacial score (nSPS) is 22.1. The van der Waals surface area contributed by atoms with Crippen molar-refractivity contribution in [2.24, 2.45) is 11.8 Å². The van der Waals surface area contributed by atoms with Gasteiger partial charge in [0.2, 0.25) is 0 Å². The highest BCUT2D eigenvalue weighted by Crippen LogP contribution is 2.32. The van der Waals surface area contributed by atoms with Crippen molar-refractivity contribution in [1.29, 1.82) is 0 Å². The van der Waals surface area contributed by atoms with E-state index in [1.165, 1.54) is 12.5 Å². The number of rotatable bonds is 8. The van der Waals surface area contributed by atoms with Crippen LogP contribution in [0.25, 0.3) is 0 Å². The van der Waals surface area contributed by atoms with Crippen LogP contribution < -0.4 is 0 Å². The number of carbonyl (C=O) groups excluding carboxylic acids is 2. The third kappa shape index (κ3) is 6.46. The number of carbonyl (C=O) groups is 2. The van der Waals surface area contributed by atoms with Crippen LogP contribution in [0.4, 0.5) is 0 Å². The Labute approximate surface area is 133 Å². The maximum absolute atomic E-state index is 12.2. The Kier molecular flexibility index (Phi) is 9.28. The maximum Gasteiger partial charge on any atom is 0.314 e. The molecule has 1 aliphatic rings. The third-order valence-electron chi connectivity index (χ3n) is 3.84. The van der Waals surface area contributed by atoms with Gasteiger partial charge in [0, 0.05) is 0 Å². The van der Waals surface area contributed by atoms with E-state index in [9.17, 15) is 9.59 Å². The van der Waals surface area contributed by atoms with Crippen molar-refractivity contribution in [1.82, 2.24) is 0 Å². The second kappa shape index (κ2) is 11.0. The molecule has 4 heteroatoms. The summed E-state index contributed by atoms with van der Waals surface area (Å²) in [6.07, 6.45) is 13.6. The minimum Gasteiger partial charge on any atom is -0.435 e. The first-order valence-corrected chi connectivity index (χ1v) is 8.41. The van der Waals surface area contributed by atoms with Gasteiger partial charge in [0.25, 0.3) is 0 Å². The van der Waals surface area contributed by atoms with Crippen LogP contribution in [0.1, 0.15) is 65.2 Å². The lowest BCUT2D eigenvalue weighted by Crippen LogP contribution is -2.33. The number of hydrogen-bond acceptors (Lipinski definition) is 4. The Morgan fingerprint density at radius 3 is 1.64 bits per heavy atom. The fourth-order valence-electron chi connectivity index (χ4n) is 2.57. The van der Waals surface area contributed by atoms with Crippen LogP contribution >= 0.6 is 0 Å². The van der Waals surface area contributed by atoms with Gasteiger partial charge >= 0.3 is 11.9 Å². The minimum atomic E-state index is -0.382. The summed E-state index contributed by atoms with van der Waals surface area (Å²) in [6.45, 7) is 4.12. The Morgan fingerprint density at radius 2 is 1.27 bits per heavy atom. The highest BCUT2D eigenvalue weighted by molar-refractivity contribution is 5.82. The molecule has 0 amide bonds. The molecule has 0 spiro atoms. The second-order valence-corrected chi connectivity index (χ2v) is 5.69. The monoisotopic (exact) mass is 308 g/mol. The topological polar surface area (TPSA) is 52.6 Å². The van der Waals surface area contributed by atoms with Crippen LogP contribution in [0.2, 0.25) is 0 Å². The van der Waals surface area contributed by atoms with Crippen molar-refractivity contribution in [3.8, 4) is 0 Å². The molecule has 1 saturated carbocycles. The number of esters is 2. The van der Waals surface area contributed by atoms with E-state index in [1.807, 2.05) is 12.2 Å². The zero-order valence-electron chi connectivity index (χ0n) is 13.8. The molecule has 2 unspecified atom stereocenters. The predicted molar refractivity (Wildman–Crippen MR) is 85.7 cm³/mol. The summed E-state index contributed by atoms with van der Waals surface area (Å²) in [6, 6.07) is 0. The lowest BCUT2D eigenvalue weighted by Gasteiger charge is -2.27. The Bertz CT molecular complexity index is 360. The van der Waals surface area contributed by atoms with E-state index < -0.39 is 0 Å². The molecule has 2 atom stereocenters. The van der Waals surface area contributed by atoms with Gasteiger partial charge in [-0.15, -0.1) is 0 Å². The van der Waals surface area contributed by atoms with Crippen molar-refractivity contribution in [3.05, 3.63) is 24.7 Å². The number of ether oxygens (including phenoxy) is 2. The third-order valence-corrected chi connectivity index (χ3v) is 3.84. The molecule has 0 heterocycles. The van der Waals surface area contributed by atoms with Crippen molar-refractivity contribution < 1.29 is 19.1 Å². The average molecular weight is 308 g/mol. The van der Waals surface area contributed by atoms with Gasteiger partial charge in [-0.1, -0.05) is 39.5 Å². The molecular formula is C18H28O4. The Morgan fingerprint density at radius 1 is 0.864 bits per heavy atom. The van der Waals surface area contributed by atoms with Gasteiger partial charge in [0.1, 0.15) is 0 Å². The summed E-state index contributed by atoms with van der Waals surface area (Å²) in [5, 5.41) is 0. The molecule has 22 heavy (non-hydrogen) atoms. The van der Waals surface area contributed by atoms with E-state index in [1.54, 1.807) is 0 Å². The first-order chi connectivity index (χ1) is 10.7. The second-order valence-electron chi connectivity index (χ2n) is 5.69. The zero-order valence-corrected chi connectivity index (χ0v) is 13.8. The highest BCUT2D eigenvalue weighted by Gasteiger charge is 2.37. The lowest BCUT2D eigenvalue weighted by atomic mass is 9.79. The molecule has 0 bridgehead atoms. The standard InChI is InChI=1S/C18H28O4/c1-3-5-9-13-21-17(19)15-11-7-8-12-16(15)18(20)22-14-10-6-4-2/h9-10,13-16H,3-8,11-12H2,1-2H3/b13-9+,14-10+. The van der Waals surface area contributed by atoms with Crippen LogP contribution in [0.5, 0.6) is 0 Å².